The Morgan fingerprint density at radius 2 is 2.19 bits per heavy atom. The van der Waals surface area contributed by atoms with Crippen LogP contribution in [0.4, 0.5) is 5.82 Å². The fourth-order valence-corrected chi connectivity index (χ4v) is 3.10. The van der Waals surface area contributed by atoms with Crippen LogP contribution in [0.25, 0.3) is 10.8 Å². The lowest BCUT2D eigenvalue weighted by atomic mass is 10.2. The van der Waals surface area contributed by atoms with Crippen molar-refractivity contribution in [3.8, 4) is 10.8 Å². The molecule has 1 unspecified atom stereocenters. The minimum Gasteiger partial charge on any atom is -0.462 e. The highest BCUT2D eigenvalue weighted by atomic mass is 32.1. The molecule has 0 fully saturated rings. The number of aromatic nitrogens is 2. The van der Waals surface area contributed by atoms with Gasteiger partial charge < -0.3 is 19.0 Å². The molecular formula is C17H17N3O5S. The van der Waals surface area contributed by atoms with E-state index in [4.69, 9.17) is 13.7 Å². The third-order valence-corrected chi connectivity index (χ3v) is 4.50. The second-order valence-electron chi connectivity index (χ2n) is 5.52. The highest BCUT2D eigenvalue weighted by molar-refractivity contribution is 7.15. The Morgan fingerprint density at radius 1 is 1.38 bits per heavy atom. The lowest BCUT2D eigenvalue weighted by molar-refractivity contribution is -0.124. The number of nitrogens with one attached hydrogen (secondary N) is 1. The van der Waals surface area contributed by atoms with Crippen molar-refractivity contribution in [3.63, 3.8) is 0 Å². The molecule has 0 aliphatic carbocycles. The summed E-state index contributed by atoms with van der Waals surface area (Å²) in [6.45, 7) is 5.22. The predicted octanol–water partition coefficient (Wildman–Crippen LogP) is 3.58. The molecule has 0 aliphatic heterocycles. The molecule has 9 heteroatoms. The van der Waals surface area contributed by atoms with Crippen molar-refractivity contribution in [1.82, 2.24) is 10.1 Å². The summed E-state index contributed by atoms with van der Waals surface area (Å²) in [6, 6.07) is 5.08. The molecule has 3 aromatic heterocycles. The van der Waals surface area contributed by atoms with Crippen LogP contribution in [0, 0.1) is 13.8 Å². The standard InChI is InChI=1S/C17H17N3O5S/c1-4-11(15(21)18-13-8-9(2)25-20-13)24-17(22)14-10(3)26-16(19-14)12-6-5-7-23-12/h5-8,11H,4H2,1-3H3,(H,18,20,21). The highest BCUT2D eigenvalue weighted by Crippen LogP contribution is 2.28. The number of amides is 1. The number of hydrogen-bond acceptors (Lipinski definition) is 8. The number of hydrogen-bond donors (Lipinski definition) is 1. The van der Waals surface area contributed by atoms with Gasteiger partial charge in [-0.1, -0.05) is 12.1 Å². The van der Waals surface area contributed by atoms with Crippen molar-refractivity contribution in [2.75, 3.05) is 5.32 Å². The van der Waals surface area contributed by atoms with Crippen LogP contribution >= 0.6 is 11.3 Å². The van der Waals surface area contributed by atoms with Crippen LogP contribution in [0.3, 0.4) is 0 Å². The molecule has 0 saturated carbocycles. The van der Waals surface area contributed by atoms with E-state index in [1.54, 1.807) is 39.0 Å². The van der Waals surface area contributed by atoms with E-state index < -0.39 is 18.0 Å². The normalized spacial score (nSPS) is 12.0. The molecule has 0 aromatic carbocycles. The molecule has 0 saturated heterocycles. The molecule has 26 heavy (non-hydrogen) atoms. The molecule has 8 nitrogen and oxygen atoms in total. The van der Waals surface area contributed by atoms with Gasteiger partial charge in [0.1, 0.15) is 5.76 Å². The van der Waals surface area contributed by atoms with Gasteiger partial charge in [-0.25, -0.2) is 9.78 Å². The van der Waals surface area contributed by atoms with Gasteiger partial charge in [0.2, 0.25) is 0 Å². The number of aryl methyl sites for hydroxylation is 2. The Labute approximate surface area is 153 Å². The van der Waals surface area contributed by atoms with Crippen molar-refractivity contribution in [1.29, 1.82) is 0 Å². The van der Waals surface area contributed by atoms with Gasteiger partial charge in [0, 0.05) is 10.9 Å². The molecule has 1 amide bonds. The lowest BCUT2D eigenvalue weighted by Crippen LogP contribution is -2.32. The van der Waals surface area contributed by atoms with E-state index in [9.17, 15) is 9.59 Å². The van der Waals surface area contributed by atoms with Crippen molar-refractivity contribution in [2.24, 2.45) is 0 Å². The van der Waals surface area contributed by atoms with E-state index in [0.717, 1.165) is 0 Å². The Hall–Kier alpha value is -2.94. The molecule has 0 spiro atoms. The zero-order chi connectivity index (χ0) is 18.7. The SMILES string of the molecule is CCC(OC(=O)c1nc(-c2ccco2)sc1C)C(=O)Nc1cc(C)on1. The van der Waals surface area contributed by atoms with Gasteiger partial charge in [-0.05, 0) is 32.4 Å². The maximum Gasteiger partial charge on any atom is 0.358 e. The number of carbonyl (C=O) groups is 2. The highest BCUT2D eigenvalue weighted by Gasteiger charge is 2.26. The quantitative estimate of drug-likeness (QED) is 0.656. The fraction of sp³-hybridized carbons (Fsp3) is 0.294. The van der Waals surface area contributed by atoms with Gasteiger partial charge in [-0.15, -0.1) is 11.3 Å². The molecule has 3 rings (SSSR count). The van der Waals surface area contributed by atoms with Crippen LogP contribution in [0.2, 0.25) is 0 Å². The third-order valence-electron chi connectivity index (χ3n) is 3.51. The molecule has 1 N–H and O–H groups in total. The van der Waals surface area contributed by atoms with E-state index in [-0.39, 0.29) is 11.5 Å². The maximum atomic E-state index is 12.5. The number of anilines is 1. The lowest BCUT2D eigenvalue weighted by Gasteiger charge is -2.14. The van der Waals surface area contributed by atoms with Gasteiger partial charge in [-0.2, -0.15) is 0 Å². The van der Waals surface area contributed by atoms with Crippen molar-refractivity contribution < 1.29 is 23.3 Å². The Balaban J connectivity index is 1.70. The maximum absolute atomic E-state index is 12.5. The topological polar surface area (TPSA) is 107 Å². The summed E-state index contributed by atoms with van der Waals surface area (Å²) in [5, 5.41) is 6.82. The molecule has 0 bridgehead atoms. The monoisotopic (exact) mass is 375 g/mol. The second-order valence-corrected chi connectivity index (χ2v) is 6.72. The molecular weight excluding hydrogens is 358 g/mol. The van der Waals surface area contributed by atoms with E-state index in [0.29, 0.717) is 27.8 Å². The van der Waals surface area contributed by atoms with Crippen LogP contribution in [0.5, 0.6) is 0 Å². The van der Waals surface area contributed by atoms with E-state index in [1.807, 2.05) is 0 Å². The average molecular weight is 375 g/mol. The van der Waals surface area contributed by atoms with Gasteiger partial charge in [0.25, 0.3) is 5.91 Å². The summed E-state index contributed by atoms with van der Waals surface area (Å²) in [7, 11) is 0. The first-order valence-electron chi connectivity index (χ1n) is 7.94. The van der Waals surface area contributed by atoms with Crippen molar-refractivity contribution in [3.05, 3.63) is 40.8 Å². The minimum atomic E-state index is -0.965. The van der Waals surface area contributed by atoms with Crippen LogP contribution in [0.15, 0.2) is 33.4 Å². The van der Waals surface area contributed by atoms with Crippen molar-refractivity contribution in [2.45, 2.75) is 33.3 Å². The summed E-state index contributed by atoms with van der Waals surface area (Å²) in [4.78, 5) is 29.7. The number of esters is 1. The van der Waals surface area contributed by atoms with Crippen LogP contribution < -0.4 is 5.32 Å². The van der Waals surface area contributed by atoms with E-state index in [2.05, 4.69) is 15.5 Å². The Kier molecular flexibility index (Phi) is 5.17. The first-order chi connectivity index (χ1) is 12.5. The van der Waals surface area contributed by atoms with Crippen LogP contribution in [0.1, 0.15) is 34.5 Å². The number of ether oxygens (including phenoxy) is 1. The van der Waals surface area contributed by atoms with Gasteiger partial charge in [0.15, 0.2) is 28.4 Å². The minimum absolute atomic E-state index is 0.171. The van der Waals surface area contributed by atoms with Crippen molar-refractivity contribution >= 4 is 29.0 Å². The molecule has 0 radical (unpaired) electrons. The second kappa shape index (κ2) is 7.52. The molecule has 136 valence electrons. The molecule has 3 aromatic rings. The Bertz CT molecular complexity index is 913. The molecule has 1 atom stereocenters. The van der Waals surface area contributed by atoms with Crippen LogP contribution in [-0.4, -0.2) is 28.1 Å². The Morgan fingerprint density at radius 3 is 2.81 bits per heavy atom. The summed E-state index contributed by atoms with van der Waals surface area (Å²) in [5.74, 6) is 0.271. The number of thiazole rings is 1. The van der Waals surface area contributed by atoms with Crippen LogP contribution in [-0.2, 0) is 9.53 Å². The molecule has 0 aliphatic rings. The number of rotatable bonds is 6. The first-order valence-corrected chi connectivity index (χ1v) is 8.76. The summed E-state index contributed by atoms with van der Waals surface area (Å²) >= 11 is 1.32. The number of carbonyl (C=O) groups excluding carboxylic acids is 2. The average Bonchev–Trinajstić information content (AvgIpc) is 3.33. The zero-order valence-corrected chi connectivity index (χ0v) is 15.3. The molecule has 3 heterocycles. The largest absolute Gasteiger partial charge is 0.462 e. The third kappa shape index (κ3) is 3.83. The van der Waals surface area contributed by atoms with Gasteiger partial charge in [-0.3, -0.25) is 4.79 Å². The summed E-state index contributed by atoms with van der Waals surface area (Å²) in [6.07, 6.45) is 0.878. The fourth-order valence-electron chi connectivity index (χ4n) is 2.23. The number of furan rings is 1. The first kappa shape index (κ1) is 17.9. The smallest absolute Gasteiger partial charge is 0.358 e. The predicted molar refractivity (Wildman–Crippen MR) is 93.9 cm³/mol. The summed E-state index contributed by atoms with van der Waals surface area (Å²) in [5.41, 5.74) is 0.171. The van der Waals surface area contributed by atoms with Gasteiger partial charge >= 0.3 is 5.97 Å². The van der Waals surface area contributed by atoms with E-state index in [1.165, 1.54) is 17.6 Å². The zero-order valence-electron chi connectivity index (χ0n) is 14.4. The summed E-state index contributed by atoms with van der Waals surface area (Å²) < 4.78 is 15.5. The van der Waals surface area contributed by atoms with Gasteiger partial charge in [0.05, 0.1) is 6.26 Å². The van der Waals surface area contributed by atoms with E-state index >= 15 is 0 Å². The number of nitrogens with zero attached hydrogens (tertiary/aromatic N) is 2.